The summed E-state index contributed by atoms with van der Waals surface area (Å²) in [7, 11) is 0. The molecule has 0 aliphatic heterocycles. The van der Waals surface area contributed by atoms with Gasteiger partial charge in [0.05, 0.1) is 23.1 Å². The molecule has 1 saturated carbocycles. The summed E-state index contributed by atoms with van der Waals surface area (Å²) in [6.45, 7) is 7.37. The number of esters is 1. The van der Waals surface area contributed by atoms with Crippen LogP contribution in [0.1, 0.15) is 89.9 Å². The average Bonchev–Trinajstić information content (AvgIpc) is 3.26. The van der Waals surface area contributed by atoms with Crippen LogP contribution in [0.3, 0.4) is 0 Å². The van der Waals surface area contributed by atoms with Crippen molar-refractivity contribution in [2.75, 3.05) is 6.61 Å². The second-order valence-corrected chi connectivity index (χ2v) is 8.50. The number of aromatic nitrogens is 3. The van der Waals surface area contributed by atoms with Gasteiger partial charge in [-0.3, -0.25) is 4.79 Å². The minimum Gasteiger partial charge on any atom is -0.462 e. The van der Waals surface area contributed by atoms with Crippen molar-refractivity contribution in [1.29, 1.82) is 0 Å². The number of ketones is 1. The normalized spacial score (nSPS) is 16.1. The van der Waals surface area contributed by atoms with Crippen LogP contribution in [0, 0.1) is 13.8 Å². The number of H-pyrrole nitrogens is 1. The first-order valence-electron chi connectivity index (χ1n) is 9.82. The first kappa shape index (κ1) is 20.6. The van der Waals surface area contributed by atoms with Crippen LogP contribution in [-0.2, 0) is 4.74 Å². The largest absolute Gasteiger partial charge is 0.462 e. The van der Waals surface area contributed by atoms with E-state index in [0.29, 0.717) is 46.2 Å². The summed E-state index contributed by atoms with van der Waals surface area (Å²) in [6.07, 6.45) is 5.81. The molecule has 1 aliphatic rings. The predicted molar refractivity (Wildman–Crippen MR) is 106 cm³/mol. The Morgan fingerprint density at radius 2 is 1.96 bits per heavy atom. The van der Waals surface area contributed by atoms with Gasteiger partial charge in [-0.05, 0) is 46.1 Å². The molecule has 2 heterocycles. The zero-order valence-electron chi connectivity index (χ0n) is 16.8. The van der Waals surface area contributed by atoms with E-state index in [-0.39, 0.29) is 5.78 Å². The second-order valence-electron chi connectivity index (χ2n) is 7.21. The number of hydrogen-bond acceptors (Lipinski definition) is 7. The molecular weight excluding hydrogens is 378 g/mol. The number of nitrogens with one attached hydrogen (secondary N) is 1. The lowest BCUT2D eigenvalue weighted by Gasteiger charge is -2.17. The lowest BCUT2D eigenvalue weighted by atomic mass is 9.89. The maximum absolute atomic E-state index is 12.9. The van der Waals surface area contributed by atoms with Crippen molar-refractivity contribution in [1.82, 2.24) is 15.2 Å². The molecule has 152 valence electrons. The van der Waals surface area contributed by atoms with Gasteiger partial charge in [-0.15, -0.1) is 10.2 Å². The van der Waals surface area contributed by atoms with E-state index < -0.39 is 11.2 Å². The Bertz CT molecular complexity index is 852. The Morgan fingerprint density at radius 1 is 1.25 bits per heavy atom. The third-order valence-corrected chi connectivity index (χ3v) is 6.12. The van der Waals surface area contributed by atoms with Crippen LogP contribution in [0.4, 0.5) is 0 Å². The molecule has 1 aliphatic carbocycles. The molecule has 0 spiro atoms. The van der Waals surface area contributed by atoms with Crippen molar-refractivity contribution in [2.24, 2.45) is 0 Å². The van der Waals surface area contributed by atoms with Crippen LogP contribution >= 0.6 is 11.8 Å². The number of carbonyl (C=O) groups is 2. The summed E-state index contributed by atoms with van der Waals surface area (Å²) in [5.74, 6) is 0.487. The van der Waals surface area contributed by atoms with Crippen LogP contribution < -0.4 is 0 Å². The molecule has 1 fully saturated rings. The Hall–Kier alpha value is -2.09. The van der Waals surface area contributed by atoms with E-state index >= 15 is 0 Å². The Kier molecular flexibility index (Phi) is 6.59. The molecular formula is C20H27N3O4S. The van der Waals surface area contributed by atoms with Gasteiger partial charge in [0.25, 0.3) is 5.22 Å². The van der Waals surface area contributed by atoms with Gasteiger partial charge < -0.3 is 14.1 Å². The Morgan fingerprint density at radius 3 is 2.64 bits per heavy atom. The van der Waals surface area contributed by atoms with Crippen molar-refractivity contribution in [3.63, 3.8) is 0 Å². The quantitative estimate of drug-likeness (QED) is 0.408. The van der Waals surface area contributed by atoms with E-state index in [0.717, 1.165) is 12.8 Å². The molecule has 0 unspecified atom stereocenters. The number of nitrogens with zero attached hydrogens (tertiary/aromatic N) is 2. The summed E-state index contributed by atoms with van der Waals surface area (Å²) >= 11 is 1.25. The van der Waals surface area contributed by atoms with Gasteiger partial charge >= 0.3 is 5.97 Å². The third kappa shape index (κ3) is 4.32. The zero-order valence-corrected chi connectivity index (χ0v) is 17.6. The van der Waals surface area contributed by atoms with Crippen LogP contribution in [0.5, 0.6) is 0 Å². The summed E-state index contributed by atoms with van der Waals surface area (Å²) in [4.78, 5) is 28.1. The highest BCUT2D eigenvalue weighted by atomic mass is 32.2. The monoisotopic (exact) mass is 405 g/mol. The van der Waals surface area contributed by atoms with Crippen LogP contribution in [0.2, 0.25) is 0 Å². The number of rotatable bonds is 7. The van der Waals surface area contributed by atoms with Crippen LogP contribution in [-0.4, -0.2) is 38.8 Å². The van der Waals surface area contributed by atoms with E-state index in [2.05, 4.69) is 15.2 Å². The van der Waals surface area contributed by atoms with E-state index in [1.165, 1.54) is 31.0 Å². The van der Waals surface area contributed by atoms with Gasteiger partial charge in [-0.1, -0.05) is 31.0 Å². The average molecular weight is 406 g/mol. The molecule has 3 rings (SSSR count). The highest BCUT2D eigenvalue weighted by molar-refractivity contribution is 8.00. The summed E-state index contributed by atoms with van der Waals surface area (Å²) in [5.41, 5.74) is 2.10. The van der Waals surface area contributed by atoms with Crippen molar-refractivity contribution < 1.29 is 18.7 Å². The summed E-state index contributed by atoms with van der Waals surface area (Å²) in [6, 6.07) is 0. The lowest BCUT2D eigenvalue weighted by Crippen LogP contribution is -2.15. The first-order valence-corrected chi connectivity index (χ1v) is 10.7. The number of aryl methyl sites for hydroxylation is 1. The molecule has 7 nitrogen and oxygen atoms in total. The number of carbonyl (C=O) groups excluding carboxylic acids is 2. The fourth-order valence-electron chi connectivity index (χ4n) is 3.70. The molecule has 1 atom stereocenters. The topological polar surface area (TPSA) is 98.1 Å². The van der Waals surface area contributed by atoms with Crippen molar-refractivity contribution in [3.05, 3.63) is 28.4 Å². The van der Waals surface area contributed by atoms with E-state index in [1.54, 1.807) is 27.7 Å². The van der Waals surface area contributed by atoms with Gasteiger partial charge in [0.15, 0.2) is 5.78 Å². The van der Waals surface area contributed by atoms with Gasteiger partial charge in [0.2, 0.25) is 5.89 Å². The summed E-state index contributed by atoms with van der Waals surface area (Å²) < 4.78 is 10.9. The molecule has 0 aromatic carbocycles. The Balaban J connectivity index is 1.70. The first-order chi connectivity index (χ1) is 13.4. The highest BCUT2D eigenvalue weighted by Gasteiger charge is 2.28. The number of thioether (sulfide) groups is 1. The van der Waals surface area contributed by atoms with E-state index in [9.17, 15) is 9.59 Å². The van der Waals surface area contributed by atoms with Gasteiger partial charge in [-0.2, -0.15) is 0 Å². The van der Waals surface area contributed by atoms with Gasteiger partial charge in [0.1, 0.15) is 0 Å². The number of Topliss-reactive ketones (excluding diaryl/α,β-unsaturated/α-hetero) is 1. The van der Waals surface area contributed by atoms with Gasteiger partial charge in [-0.25, -0.2) is 4.79 Å². The zero-order chi connectivity index (χ0) is 20.3. The predicted octanol–water partition coefficient (Wildman–Crippen LogP) is 4.60. The summed E-state index contributed by atoms with van der Waals surface area (Å²) in [5, 5.41) is 8.29. The van der Waals surface area contributed by atoms with E-state index in [1.807, 2.05) is 0 Å². The molecule has 2 aromatic heterocycles. The lowest BCUT2D eigenvalue weighted by molar-refractivity contribution is 0.0525. The smallest absolute Gasteiger partial charge is 0.340 e. The minimum absolute atomic E-state index is 0.112. The SMILES string of the molecule is CCOC(=O)c1c(C)[nH]c(C(=O)[C@H](C)Sc2nnc(C3CCCCC3)o2)c1C. The number of aromatic amines is 1. The maximum atomic E-state index is 12.9. The van der Waals surface area contributed by atoms with Crippen LogP contribution in [0.15, 0.2) is 9.64 Å². The number of hydrogen-bond donors (Lipinski definition) is 1. The molecule has 0 radical (unpaired) electrons. The van der Waals surface area contributed by atoms with E-state index in [4.69, 9.17) is 9.15 Å². The van der Waals surface area contributed by atoms with Crippen molar-refractivity contribution in [2.45, 2.75) is 76.2 Å². The number of ether oxygens (including phenoxy) is 1. The maximum Gasteiger partial charge on any atom is 0.340 e. The molecule has 0 saturated heterocycles. The van der Waals surface area contributed by atoms with Crippen molar-refractivity contribution in [3.8, 4) is 0 Å². The molecule has 2 aromatic rings. The molecule has 28 heavy (non-hydrogen) atoms. The highest BCUT2D eigenvalue weighted by Crippen LogP contribution is 2.34. The minimum atomic E-state index is -0.425. The molecule has 0 bridgehead atoms. The third-order valence-electron chi connectivity index (χ3n) is 5.19. The van der Waals surface area contributed by atoms with Gasteiger partial charge in [0, 0.05) is 11.6 Å². The standard InChI is InChI=1S/C20H27N3O4S/c1-5-26-19(25)15-11(2)16(21-12(15)3)17(24)13(4)28-20-23-22-18(27-20)14-9-7-6-8-10-14/h13-14,21H,5-10H2,1-4H3/t13-/m0/s1. The molecule has 1 N–H and O–H groups in total. The molecule has 8 heteroatoms. The van der Waals surface area contributed by atoms with Crippen LogP contribution in [0.25, 0.3) is 0 Å². The fraction of sp³-hybridized carbons (Fsp3) is 0.600. The molecule has 0 amide bonds. The Labute approximate surface area is 169 Å². The fourth-order valence-corrected chi connectivity index (χ4v) is 4.45. The second kappa shape index (κ2) is 8.94. The van der Waals surface area contributed by atoms with Crippen molar-refractivity contribution >= 4 is 23.5 Å².